The Hall–Kier alpha value is -3.65. The number of nitrogens with one attached hydrogen (secondary N) is 3. The molecule has 1 aromatic heterocycles. The van der Waals surface area contributed by atoms with Crippen LogP contribution in [0.3, 0.4) is 0 Å². The first kappa shape index (κ1) is 23.5. The van der Waals surface area contributed by atoms with Gasteiger partial charge in [-0.15, -0.1) is 0 Å². The summed E-state index contributed by atoms with van der Waals surface area (Å²) >= 11 is 6.37. The van der Waals surface area contributed by atoms with Gasteiger partial charge in [0.25, 0.3) is 5.91 Å². The lowest BCUT2D eigenvalue weighted by molar-refractivity contribution is -0.119. The van der Waals surface area contributed by atoms with Crippen LogP contribution in [-0.2, 0) is 9.59 Å². The number of aromatic nitrogens is 2. The summed E-state index contributed by atoms with van der Waals surface area (Å²) in [4.78, 5) is 37.4. The summed E-state index contributed by atoms with van der Waals surface area (Å²) in [6, 6.07) is 13.0. The van der Waals surface area contributed by atoms with Gasteiger partial charge in [0, 0.05) is 28.6 Å². The number of benzene rings is 2. The standard InChI is InChI=1S/C25H26ClN5O3/c1-14-11-15(2)31(30-14)16(3)23(32)29-22-10-9-20(13-21(22)26)28-25(34)18-5-4-6-19(12-18)27-24(33)17-7-8-17/h4-6,9-13,16-17H,7-8H2,1-3H3,(H,27,33)(H,28,34)(H,29,32). The second-order valence-electron chi connectivity index (χ2n) is 8.53. The number of hydrogen-bond acceptors (Lipinski definition) is 4. The Balaban J connectivity index is 1.40. The second kappa shape index (κ2) is 9.69. The number of carbonyl (C=O) groups excluding carboxylic acids is 3. The highest BCUT2D eigenvalue weighted by Gasteiger charge is 2.29. The van der Waals surface area contributed by atoms with Crippen molar-refractivity contribution < 1.29 is 14.4 Å². The highest BCUT2D eigenvalue weighted by atomic mass is 35.5. The van der Waals surface area contributed by atoms with E-state index >= 15 is 0 Å². The van der Waals surface area contributed by atoms with Crippen LogP contribution in [0.4, 0.5) is 17.1 Å². The lowest BCUT2D eigenvalue weighted by atomic mass is 10.1. The van der Waals surface area contributed by atoms with Crippen molar-refractivity contribution in [1.29, 1.82) is 0 Å². The van der Waals surface area contributed by atoms with E-state index in [4.69, 9.17) is 11.6 Å². The molecule has 3 aromatic rings. The van der Waals surface area contributed by atoms with Crippen LogP contribution in [-0.4, -0.2) is 27.5 Å². The largest absolute Gasteiger partial charge is 0.326 e. The first-order valence-electron chi connectivity index (χ1n) is 11.1. The minimum atomic E-state index is -0.517. The fourth-order valence-corrected chi connectivity index (χ4v) is 3.84. The van der Waals surface area contributed by atoms with E-state index in [1.165, 1.54) is 0 Å². The molecule has 0 saturated heterocycles. The van der Waals surface area contributed by atoms with Crippen molar-refractivity contribution in [3.05, 3.63) is 70.5 Å². The Labute approximate surface area is 202 Å². The maximum Gasteiger partial charge on any atom is 0.255 e. The fourth-order valence-electron chi connectivity index (χ4n) is 3.61. The van der Waals surface area contributed by atoms with Gasteiger partial charge in [-0.1, -0.05) is 17.7 Å². The van der Waals surface area contributed by atoms with Crippen LogP contribution in [0.15, 0.2) is 48.5 Å². The van der Waals surface area contributed by atoms with Crippen molar-refractivity contribution >= 4 is 46.4 Å². The van der Waals surface area contributed by atoms with E-state index in [-0.39, 0.29) is 28.7 Å². The Morgan fingerprint density at radius 3 is 2.38 bits per heavy atom. The first-order chi connectivity index (χ1) is 16.2. The van der Waals surface area contributed by atoms with E-state index in [0.717, 1.165) is 24.2 Å². The average Bonchev–Trinajstić information content (AvgIpc) is 3.59. The molecule has 176 valence electrons. The zero-order valence-electron chi connectivity index (χ0n) is 19.2. The molecular formula is C25H26ClN5O3. The van der Waals surface area contributed by atoms with Gasteiger partial charge in [0.05, 0.1) is 16.4 Å². The molecule has 0 spiro atoms. The molecule has 9 heteroatoms. The Bertz CT molecular complexity index is 1270. The third kappa shape index (κ3) is 5.46. The van der Waals surface area contributed by atoms with Gasteiger partial charge in [-0.2, -0.15) is 5.10 Å². The van der Waals surface area contributed by atoms with Gasteiger partial charge in [0.1, 0.15) is 6.04 Å². The quantitative estimate of drug-likeness (QED) is 0.445. The van der Waals surface area contributed by atoms with E-state index in [2.05, 4.69) is 21.0 Å². The average molecular weight is 480 g/mol. The molecule has 1 heterocycles. The molecule has 1 saturated carbocycles. The van der Waals surface area contributed by atoms with Crippen LogP contribution >= 0.6 is 11.6 Å². The van der Waals surface area contributed by atoms with Gasteiger partial charge in [-0.3, -0.25) is 19.1 Å². The van der Waals surface area contributed by atoms with Crippen molar-refractivity contribution in [1.82, 2.24) is 9.78 Å². The van der Waals surface area contributed by atoms with Crippen LogP contribution in [0.2, 0.25) is 5.02 Å². The summed E-state index contributed by atoms with van der Waals surface area (Å²) in [6.07, 6.45) is 1.81. The monoisotopic (exact) mass is 479 g/mol. The molecule has 1 fully saturated rings. The molecule has 0 bridgehead atoms. The third-order valence-corrected chi connectivity index (χ3v) is 5.93. The summed E-state index contributed by atoms with van der Waals surface area (Å²) in [6.45, 7) is 5.53. The van der Waals surface area contributed by atoms with Crippen molar-refractivity contribution in [3.8, 4) is 0 Å². The molecule has 1 aliphatic carbocycles. The molecule has 1 unspecified atom stereocenters. The molecule has 8 nitrogen and oxygen atoms in total. The fraction of sp³-hybridized carbons (Fsp3) is 0.280. The number of amides is 3. The lowest BCUT2D eigenvalue weighted by Crippen LogP contribution is -2.25. The minimum absolute atomic E-state index is 0.0193. The minimum Gasteiger partial charge on any atom is -0.326 e. The van der Waals surface area contributed by atoms with Crippen LogP contribution in [0.1, 0.15) is 47.6 Å². The van der Waals surface area contributed by atoms with Crippen molar-refractivity contribution in [2.24, 2.45) is 5.92 Å². The highest BCUT2D eigenvalue weighted by Crippen LogP contribution is 2.30. The maximum atomic E-state index is 12.7. The number of carbonyl (C=O) groups is 3. The summed E-state index contributed by atoms with van der Waals surface area (Å²) in [5.41, 5.74) is 3.62. The number of rotatable bonds is 7. The summed E-state index contributed by atoms with van der Waals surface area (Å²) in [5.74, 6) is -0.535. The van der Waals surface area contributed by atoms with Crippen molar-refractivity contribution in [2.75, 3.05) is 16.0 Å². The van der Waals surface area contributed by atoms with Crippen LogP contribution < -0.4 is 16.0 Å². The number of nitrogens with zero attached hydrogens (tertiary/aromatic N) is 2. The second-order valence-corrected chi connectivity index (χ2v) is 8.94. The van der Waals surface area contributed by atoms with Gasteiger partial charge in [-0.25, -0.2) is 0 Å². The molecule has 2 aromatic carbocycles. The number of halogens is 1. The molecule has 34 heavy (non-hydrogen) atoms. The molecule has 0 aliphatic heterocycles. The van der Waals surface area contributed by atoms with Crippen molar-refractivity contribution in [2.45, 2.75) is 39.7 Å². The zero-order chi connectivity index (χ0) is 24.4. The summed E-state index contributed by atoms with van der Waals surface area (Å²) < 4.78 is 1.66. The third-order valence-electron chi connectivity index (χ3n) is 5.62. The molecule has 3 N–H and O–H groups in total. The SMILES string of the molecule is Cc1cc(C)n(C(C)C(=O)Nc2ccc(NC(=O)c3cccc(NC(=O)C4CC4)c3)cc2Cl)n1. The molecule has 1 aliphatic rings. The highest BCUT2D eigenvalue weighted by molar-refractivity contribution is 6.34. The van der Waals surface area contributed by atoms with Crippen LogP contribution in [0, 0.1) is 19.8 Å². The molecule has 4 rings (SSSR count). The van der Waals surface area contributed by atoms with Gasteiger partial charge < -0.3 is 16.0 Å². The smallest absolute Gasteiger partial charge is 0.255 e. The van der Waals surface area contributed by atoms with E-state index in [1.807, 2.05) is 19.9 Å². The van der Waals surface area contributed by atoms with E-state index in [1.54, 1.807) is 54.1 Å². The van der Waals surface area contributed by atoms with Gasteiger partial charge in [0.15, 0.2) is 0 Å². The summed E-state index contributed by atoms with van der Waals surface area (Å²) in [7, 11) is 0. The Morgan fingerprint density at radius 1 is 1.00 bits per heavy atom. The Kier molecular flexibility index (Phi) is 6.70. The van der Waals surface area contributed by atoms with E-state index in [0.29, 0.717) is 22.6 Å². The number of anilines is 3. The number of aryl methyl sites for hydroxylation is 2. The molecule has 0 radical (unpaired) electrons. The molecule has 1 atom stereocenters. The van der Waals surface area contributed by atoms with Crippen molar-refractivity contribution in [3.63, 3.8) is 0 Å². The lowest BCUT2D eigenvalue weighted by Gasteiger charge is -2.16. The topological polar surface area (TPSA) is 105 Å². The van der Waals surface area contributed by atoms with Gasteiger partial charge in [-0.05, 0) is 76.1 Å². The van der Waals surface area contributed by atoms with E-state index in [9.17, 15) is 14.4 Å². The maximum absolute atomic E-state index is 12.7. The predicted octanol–water partition coefficient (Wildman–Crippen LogP) is 4.95. The normalized spacial score (nSPS) is 13.8. The van der Waals surface area contributed by atoms with Gasteiger partial charge in [0.2, 0.25) is 11.8 Å². The molecule has 3 amide bonds. The zero-order valence-corrected chi connectivity index (χ0v) is 19.9. The number of hydrogen-bond donors (Lipinski definition) is 3. The van der Waals surface area contributed by atoms with Crippen LogP contribution in [0.25, 0.3) is 0 Å². The van der Waals surface area contributed by atoms with E-state index < -0.39 is 6.04 Å². The molecular weight excluding hydrogens is 454 g/mol. The Morgan fingerprint density at radius 2 is 1.74 bits per heavy atom. The first-order valence-corrected chi connectivity index (χ1v) is 11.4. The predicted molar refractivity (Wildman–Crippen MR) is 132 cm³/mol. The van der Waals surface area contributed by atoms with Crippen LogP contribution in [0.5, 0.6) is 0 Å². The van der Waals surface area contributed by atoms with Gasteiger partial charge >= 0.3 is 0 Å². The summed E-state index contributed by atoms with van der Waals surface area (Å²) in [5, 5.41) is 13.1.